The van der Waals surface area contributed by atoms with E-state index in [0.717, 1.165) is 23.4 Å². The van der Waals surface area contributed by atoms with Crippen molar-refractivity contribution in [3.63, 3.8) is 0 Å². The van der Waals surface area contributed by atoms with Crippen LogP contribution in [0.25, 0.3) is 0 Å². The summed E-state index contributed by atoms with van der Waals surface area (Å²) in [7, 11) is 0. The Bertz CT molecular complexity index is 943. The van der Waals surface area contributed by atoms with E-state index in [0.29, 0.717) is 17.1 Å². The minimum atomic E-state index is -0.254. The summed E-state index contributed by atoms with van der Waals surface area (Å²) in [5.41, 5.74) is 3.58. The highest BCUT2D eigenvalue weighted by Gasteiger charge is 2.10. The van der Waals surface area contributed by atoms with Gasteiger partial charge in [0.25, 0.3) is 5.91 Å². The number of carbonyl (C=O) groups excluding carboxylic acids is 1. The van der Waals surface area contributed by atoms with E-state index in [4.69, 9.17) is 5.26 Å². The number of hydrogen-bond acceptors (Lipinski definition) is 5. The highest BCUT2D eigenvalue weighted by Crippen LogP contribution is 2.17. The molecule has 0 aliphatic rings. The number of rotatable bonds is 5. The van der Waals surface area contributed by atoms with Crippen LogP contribution in [0.5, 0.6) is 0 Å². The smallest absolute Gasteiger partial charge is 0.258 e. The van der Waals surface area contributed by atoms with Crippen LogP contribution in [-0.2, 0) is 6.42 Å². The molecule has 2 N–H and O–H groups in total. The second-order valence-electron chi connectivity index (χ2n) is 5.57. The van der Waals surface area contributed by atoms with Gasteiger partial charge in [-0.25, -0.2) is 9.97 Å². The van der Waals surface area contributed by atoms with Crippen LogP contribution in [0, 0.1) is 11.3 Å². The number of nitriles is 1. The Kier molecular flexibility index (Phi) is 5.20. The molecule has 128 valence electrons. The molecule has 0 radical (unpaired) electrons. The lowest BCUT2D eigenvalue weighted by atomic mass is 10.1. The Morgan fingerprint density at radius 1 is 1.08 bits per heavy atom. The van der Waals surface area contributed by atoms with Gasteiger partial charge in [-0.05, 0) is 42.3 Å². The predicted molar refractivity (Wildman–Crippen MR) is 100 cm³/mol. The number of nitrogens with one attached hydrogen (secondary N) is 2. The molecule has 6 nitrogen and oxygen atoms in total. The first-order chi connectivity index (χ1) is 12.7. The number of aryl methyl sites for hydroxylation is 1. The Morgan fingerprint density at radius 2 is 1.77 bits per heavy atom. The summed E-state index contributed by atoms with van der Waals surface area (Å²) >= 11 is 0. The first kappa shape index (κ1) is 17.1. The molecule has 3 rings (SSSR count). The van der Waals surface area contributed by atoms with Crippen molar-refractivity contribution in [2.75, 3.05) is 10.6 Å². The molecule has 2 aromatic carbocycles. The molecule has 0 atom stereocenters. The summed E-state index contributed by atoms with van der Waals surface area (Å²) in [4.78, 5) is 20.7. The lowest BCUT2D eigenvalue weighted by Gasteiger charge is -2.10. The number of anilines is 3. The summed E-state index contributed by atoms with van der Waals surface area (Å²) in [6.45, 7) is 2.04. The second kappa shape index (κ2) is 7.90. The van der Waals surface area contributed by atoms with E-state index in [1.807, 2.05) is 31.2 Å². The Hall–Kier alpha value is -3.72. The first-order valence-corrected chi connectivity index (χ1v) is 8.18. The van der Waals surface area contributed by atoms with Crippen molar-refractivity contribution in [2.24, 2.45) is 0 Å². The summed E-state index contributed by atoms with van der Waals surface area (Å²) in [6, 6.07) is 16.7. The van der Waals surface area contributed by atoms with Crippen LogP contribution >= 0.6 is 0 Å². The molecule has 1 amide bonds. The quantitative estimate of drug-likeness (QED) is 0.733. The molecular formula is C20H17N5O. The van der Waals surface area contributed by atoms with E-state index in [1.54, 1.807) is 24.3 Å². The van der Waals surface area contributed by atoms with Crippen LogP contribution in [-0.4, -0.2) is 15.9 Å². The summed E-state index contributed by atoms with van der Waals surface area (Å²) in [6.07, 6.45) is 3.78. The number of hydrogen-bond donors (Lipinski definition) is 2. The number of nitrogens with zero attached hydrogens (tertiary/aromatic N) is 3. The highest BCUT2D eigenvalue weighted by molar-refractivity contribution is 6.04. The largest absolute Gasteiger partial charge is 0.324 e. The molecule has 0 saturated heterocycles. The van der Waals surface area contributed by atoms with E-state index in [-0.39, 0.29) is 5.91 Å². The van der Waals surface area contributed by atoms with Crippen molar-refractivity contribution in [3.05, 3.63) is 77.6 Å². The molecule has 0 aliphatic carbocycles. The Balaban J connectivity index is 1.68. The average molecular weight is 343 g/mol. The number of amides is 1. The number of aromatic nitrogens is 2. The average Bonchev–Trinajstić information content (AvgIpc) is 2.69. The van der Waals surface area contributed by atoms with Crippen LogP contribution < -0.4 is 10.6 Å². The van der Waals surface area contributed by atoms with Gasteiger partial charge in [0.15, 0.2) is 0 Å². The molecule has 0 saturated carbocycles. The van der Waals surface area contributed by atoms with Crippen LogP contribution in [0.2, 0.25) is 0 Å². The predicted octanol–water partition coefficient (Wildman–Crippen LogP) is 3.91. The van der Waals surface area contributed by atoms with Gasteiger partial charge in [0.1, 0.15) is 0 Å². The zero-order valence-electron chi connectivity index (χ0n) is 14.2. The van der Waals surface area contributed by atoms with Gasteiger partial charge in [-0.3, -0.25) is 4.79 Å². The zero-order chi connectivity index (χ0) is 18.4. The minimum Gasteiger partial charge on any atom is -0.324 e. The van der Waals surface area contributed by atoms with Gasteiger partial charge >= 0.3 is 0 Å². The van der Waals surface area contributed by atoms with Gasteiger partial charge < -0.3 is 10.6 Å². The first-order valence-electron chi connectivity index (χ1n) is 8.18. The molecule has 0 unspecified atom stereocenters. The standard InChI is InChI=1S/C20H17N5O/c1-2-15-5-3-4-6-18(15)25-19(26)16-12-22-20(23-13-16)24-17-9-7-14(11-21)8-10-17/h3-10,12-13H,2H2,1H3,(H,25,26)(H,22,23,24). The zero-order valence-corrected chi connectivity index (χ0v) is 14.2. The van der Waals surface area contributed by atoms with Crippen molar-refractivity contribution in [1.29, 1.82) is 5.26 Å². The van der Waals surface area contributed by atoms with E-state index < -0.39 is 0 Å². The molecule has 0 bridgehead atoms. The lowest BCUT2D eigenvalue weighted by Crippen LogP contribution is -2.14. The fourth-order valence-electron chi connectivity index (χ4n) is 2.41. The molecule has 1 aromatic heterocycles. The van der Waals surface area contributed by atoms with E-state index >= 15 is 0 Å². The molecule has 26 heavy (non-hydrogen) atoms. The SMILES string of the molecule is CCc1ccccc1NC(=O)c1cnc(Nc2ccc(C#N)cc2)nc1. The van der Waals surface area contributed by atoms with Crippen LogP contribution in [0.3, 0.4) is 0 Å². The number of para-hydroxylation sites is 1. The molecule has 6 heteroatoms. The maximum Gasteiger partial charge on any atom is 0.258 e. The van der Waals surface area contributed by atoms with Gasteiger partial charge in [0.2, 0.25) is 5.95 Å². The van der Waals surface area contributed by atoms with Crippen molar-refractivity contribution < 1.29 is 4.79 Å². The molecule has 1 heterocycles. The molecule has 0 aliphatic heterocycles. The summed E-state index contributed by atoms with van der Waals surface area (Å²) in [5.74, 6) is 0.121. The highest BCUT2D eigenvalue weighted by atomic mass is 16.1. The molecule has 3 aromatic rings. The third-order valence-corrected chi connectivity index (χ3v) is 3.83. The third kappa shape index (κ3) is 4.02. The monoisotopic (exact) mass is 343 g/mol. The van der Waals surface area contributed by atoms with Gasteiger partial charge in [-0.15, -0.1) is 0 Å². The van der Waals surface area contributed by atoms with E-state index in [1.165, 1.54) is 12.4 Å². The van der Waals surface area contributed by atoms with Crippen molar-refractivity contribution in [1.82, 2.24) is 9.97 Å². The summed E-state index contributed by atoms with van der Waals surface area (Å²) < 4.78 is 0. The Morgan fingerprint density at radius 3 is 2.42 bits per heavy atom. The van der Waals surface area contributed by atoms with Crippen LogP contribution in [0.15, 0.2) is 60.9 Å². The fraction of sp³-hybridized carbons (Fsp3) is 0.100. The van der Waals surface area contributed by atoms with E-state index in [2.05, 4.69) is 26.7 Å². The maximum absolute atomic E-state index is 12.4. The van der Waals surface area contributed by atoms with Crippen LogP contribution in [0.1, 0.15) is 28.4 Å². The molecule has 0 spiro atoms. The fourth-order valence-corrected chi connectivity index (χ4v) is 2.41. The van der Waals surface area contributed by atoms with Gasteiger partial charge in [0, 0.05) is 23.8 Å². The second-order valence-corrected chi connectivity index (χ2v) is 5.57. The number of benzene rings is 2. The van der Waals surface area contributed by atoms with Crippen molar-refractivity contribution in [2.45, 2.75) is 13.3 Å². The topological polar surface area (TPSA) is 90.7 Å². The Labute approximate surface area is 151 Å². The van der Waals surface area contributed by atoms with Gasteiger partial charge in [0.05, 0.1) is 17.2 Å². The van der Waals surface area contributed by atoms with Crippen molar-refractivity contribution in [3.8, 4) is 6.07 Å². The normalized spacial score (nSPS) is 10.0. The van der Waals surface area contributed by atoms with E-state index in [9.17, 15) is 4.79 Å². The molecule has 0 fully saturated rings. The molecular weight excluding hydrogens is 326 g/mol. The lowest BCUT2D eigenvalue weighted by molar-refractivity contribution is 0.102. The third-order valence-electron chi connectivity index (χ3n) is 3.83. The van der Waals surface area contributed by atoms with Crippen LogP contribution in [0.4, 0.5) is 17.3 Å². The van der Waals surface area contributed by atoms with Crippen molar-refractivity contribution >= 4 is 23.2 Å². The maximum atomic E-state index is 12.4. The van der Waals surface area contributed by atoms with Gasteiger partial charge in [-0.2, -0.15) is 5.26 Å². The number of carbonyl (C=O) groups is 1. The minimum absolute atomic E-state index is 0.254. The summed E-state index contributed by atoms with van der Waals surface area (Å²) in [5, 5.41) is 14.7. The van der Waals surface area contributed by atoms with Gasteiger partial charge in [-0.1, -0.05) is 25.1 Å².